The molecule has 9 heteroatoms. The first kappa shape index (κ1) is 26.8. The Morgan fingerprint density at radius 2 is 1.77 bits per heavy atom. The molecule has 0 aliphatic carbocycles. The largest absolute Gasteiger partial charge is 0.480 e. The zero-order chi connectivity index (χ0) is 27.5. The van der Waals surface area contributed by atoms with Gasteiger partial charge < -0.3 is 19.3 Å². The van der Waals surface area contributed by atoms with Gasteiger partial charge in [-0.15, -0.1) is 0 Å². The number of aryl methyl sites for hydroxylation is 1. The van der Waals surface area contributed by atoms with Gasteiger partial charge in [0.25, 0.3) is 0 Å². The molecule has 2 aromatic heterocycles. The summed E-state index contributed by atoms with van der Waals surface area (Å²) >= 11 is 4.86. The van der Waals surface area contributed by atoms with E-state index in [-0.39, 0.29) is 17.7 Å². The summed E-state index contributed by atoms with van der Waals surface area (Å²) in [5.41, 5.74) is 4.01. The molecule has 0 saturated carbocycles. The van der Waals surface area contributed by atoms with Crippen LogP contribution in [0.4, 0.5) is 0 Å². The van der Waals surface area contributed by atoms with Crippen molar-refractivity contribution in [2.45, 2.75) is 25.1 Å². The fraction of sp³-hybridized carbons (Fsp3) is 0.167. The van der Waals surface area contributed by atoms with Crippen LogP contribution in [-0.2, 0) is 21.8 Å². The molecule has 0 spiro atoms. The number of benzene rings is 3. The first-order chi connectivity index (χ1) is 18.8. The molecule has 39 heavy (non-hydrogen) atoms. The van der Waals surface area contributed by atoms with E-state index in [2.05, 4.69) is 21.2 Å². The first-order valence-corrected chi connectivity index (χ1v) is 14.1. The number of aliphatic carboxylic acids is 1. The molecule has 2 heterocycles. The van der Waals surface area contributed by atoms with Crippen molar-refractivity contribution in [3.63, 3.8) is 0 Å². The SMILES string of the molecule is Cc1c(CC(=O)NC(CSCc2ccccc2)C(=O)O)c(=O)oc2cc3occ(-c4ccc(Br)cc4)c3cc12. The number of hydrogen-bond donors (Lipinski definition) is 2. The van der Waals surface area contributed by atoms with Crippen molar-refractivity contribution >= 4 is 61.5 Å². The lowest BCUT2D eigenvalue weighted by atomic mass is 9.99. The van der Waals surface area contributed by atoms with Crippen molar-refractivity contribution in [3.8, 4) is 11.1 Å². The quantitative estimate of drug-likeness (QED) is 0.189. The summed E-state index contributed by atoms with van der Waals surface area (Å²) in [6, 6.07) is 20.0. The Kier molecular flexibility index (Phi) is 7.90. The summed E-state index contributed by atoms with van der Waals surface area (Å²) in [6.45, 7) is 1.76. The number of rotatable bonds is 9. The summed E-state index contributed by atoms with van der Waals surface area (Å²) < 4.78 is 12.3. The Morgan fingerprint density at radius 3 is 2.49 bits per heavy atom. The maximum atomic E-state index is 12.9. The molecule has 0 saturated heterocycles. The van der Waals surface area contributed by atoms with Crippen molar-refractivity contribution in [2.75, 3.05) is 5.75 Å². The fourth-order valence-electron chi connectivity index (χ4n) is 4.42. The molecule has 7 nitrogen and oxygen atoms in total. The lowest BCUT2D eigenvalue weighted by molar-refractivity contribution is -0.141. The molecule has 0 aliphatic rings. The van der Waals surface area contributed by atoms with Crippen molar-refractivity contribution in [3.05, 3.63) is 105 Å². The average Bonchev–Trinajstić information content (AvgIpc) is 3.33. The second kappa shape index (κ2) is 11.5. The minimum atomic E-state index is -1.13. The zero-order valence-electron chi connectivity index (χ0n) is 20.9. The van der Waals surface area contributed by atoms with Gasteiger partial charge in [0.05, 0.1) is 18.2 Å². The van der Waals surface area contributed by atoms with Gasteiger partial charge in [0, 0.05) is 38.4 Å². The fourth-order valence-corrected chi connectivity index (χ4v) is 5.69. The number of fused-ring (bicyclic) bond motifs is 2. The van der Waals surface area contributed by atoms with Crippen molar-refractivity contribution in [1.82, 2.24) is 5.32 Å². The Labute approximate surface area is 236 Å². The molecule has 1 atom stereocenters. The smallest absolute Gasteiger partial charge is 0.340 e. The van der Waals surface area contributed by atoms with E-state index in [1.807, 2.05) is 60.7 Å². The van der Waals surface area contributed by atoms with Crippen LogP contribution in [0.5, 0.6) is 0 Å². The van der Waals surface area contributed by atoms with Gasteiger partial charge in [-0.1, -0.05) is 58.4 Å². The van der Waals surface area contributed by atoms with Crippen LogP contribution in [0.2, 0.25) is 0 Å². The third kappa shape index (κ3) is 5.94. The van der Waals surface area contributed by atoms with Crippen LogP contribution in [0.15, 0.2) is 91.1 Å². The van der Waals surface area contributed by atoms with Crippen molar-refractivity contribution < 1.29 is 23.5 Å². The van der Waals surface area contributed by atoms with Gasteiger partial charge in [0.2, 0.25) is 5.91 Å². The first-order valence-electron chi connectivity index (χ1n) is 12.2. The summed E-state index contributed by atoms with van der Waals surface area (Å²) in [5.74, 6) is -0.872. The van der Waals surface area contributed by atoms with Crippen LogP contribution in [-0.4, -0.2) is 28.8 Å². The second-order valence-corrected chi connectivity index (χ2v) is 11.1. The van der Waals surface area contributed by atoms with Gasteiger partial charge in [-0.05, 0) is 41.8 Å². The molecule has 5 rings (SSSR count). The third-order valence-corrected chi connectivity index (χ3v) is 8.14. The van der Waals surface area contributed by atoms with E-state index >= 15 is 0 Å². The molecule has 2 N–H and O–H groups in total. The van der Waals surface area contributed by atoms with E-state index in [1.54, 1.807) is 19.3 Å². The molecular formula is C30H24BrNO6S. The minimum absolute atomic E-state index is 0.189. The number of carboxylic acid groups (broad SMARTS) is 1. The maximum absolute atomic E-state index is 12.9. The summed E-state index contributed by atoms with van der Waals surface area (Å²) in [6.07, 6.45) is 1.37. The summed E-state index contributed by atoms with van der Waals surface area (Å²) in [4.78, 5) is 37.5. The topological polar surface area (TPSA) is 110 Å². The van der Waals surface area contributed by atoms with Gasteiger partial charge in [-0.2, -0.15) is 11.8 Å². The van der Waals surface area contributed by atoms with Crippen LogP contribution in [0.3, 0.4) is 0 Å². The molecule has 5 aromatic rings. The van der Waals surface area contributed by atoms with Gasteiger partial charge >= 0.3 is 11.6 Å². The highest BCUT2D eigenvalue weighted by Gasteiger charge is 2.23. The second-order valence-electron chi connectivity index (χ2n) is 9.13. The van der Waals surface area contributed by atoms with Crippen molar-refractivity contribution in [2.24, 2.45) is 0 Å². The molecule has 0 radical (unpaired) electrons. The zero-order valence-corrected chi connectivity index (χ0v) is 23.3. The van der Waals surface area contributed by atoms with Gasteiger partial charge in [-0.25, -0.2) is 9.59 Å². The number of carbonyl (C=O) groups is 2. The normalized spacial score (nSPS) is 12.1. The van der Waals surface area contributed by atoms with Gasteiger partial charge in [0.15, 0.2) is 0 Å². The molecular weight excluding hydrogens is 582 g/mol. The molecule has 1 unspecified atom stereocenters. The Morgan fingerprint density at radius 1 is 1.03 bits per heavy atom. The van der Waals surface area contributed by atoms with E-state index in [9.17, 15) is 19.5 Å². The predicted octanol–water partition coefficient (Wildman–Crippen LogP) is 6.32. The number of carbonyl (C=O) groups excluding carboxylic acids is 1. The van der Waals surface area contributed by atoms with E-state index in [1.165, 1.54) is 11.8 Å². The maximum Gasteiger partial charge on any atom is 0.340 e. The van der Waals surface area contributed by atoms with E-state index in [0.717, 1.165) is 26.5 Å². The van der Waals surface area contributed by atoms with E-state index in [4.69, 9.17) is 8.83 Å². The van der Waals surface area contributed by atoms with Crippen molar-refractivity contribution in [1.29, 1.82) is 0 Å². The van der Waals surface area contributed by atoms with Crippen LogP contribution in [0, 0.1) is 6.92 Å². The third-order valence-electron chi connectivity index (χ3n) is 6.50. The number of thioether (sulfide) groups is 1. The van der Waals surface area contributed by atoms with Crippen LogP contribution in [0.1, 0.15) is 16.7 Å². The minimum Gasteiger partial charge on any atom is -0.480 e. The molecule has 1 amide bonds. The molecule has 0 fully saturated rings. The Hall–Kier alpha value is -3.82. The van der Waals surface area contributed by atoms with Gasteiger partial charge in [-0.3, -0.25) is 4.79 Å². The standard InChI is InChI=1S/C30H24BrNO6S/c1-17-21-11-23-24(19-7-9-20(31)10-8-19)14-37-26(23)13-27(21)38-30(36)22(17)12-28(33)32-25(29(34)35)16-39-15-18-5-3-2-4-6-18/h2-11,13-14,25H,12,15-16H2,1H3,(H,32,33)(H,34,35). The van der Waals surface area contributed by atoms with Gasteiger partial charge in [0.1, 0.15) is 17.2 Å². The van der Waals surface area contributed by atoms with Crippen LogP contribution >= 0.6 is 27.7 Å². The Balaban J connectivity index is 1.37. The predicted molar refractivity (Wildman–Crippen MR) is 156 cm³/mol. The lowest BCUT2D eigenvalue weighted by Crippen LogP contribution is -2.43. The number of furan rings is 1. The monoisotopic (exact) mass is 605 g/mol. The molecule has 0 aliphatic heterocycles. The Bertz CT molecular complexity index is 1730. The van der Waals surface area contributed by atoms with Crippen LogP contribution in [0.25, 0.3) is 33.1 Å². The van der Waals surface area contributed by atoms with E-state index in [0.29, 0.717) is 27.9 Å². The summed E-state index contributed by atoms with van der Waals surface area (Å²) in [5, 5.41) is 13.7. The van der Waals surface area contributed by atoms with E-state index < -0.39 is 23.5 Å². The number of carboxylic acids is 1. The molecule has 198 valence electrons. The average molecular weight is 606 g/mol. The summed E-state index contributed by atoms with van der Waals surface area (Å²) in [7, 11) is 0. The lowest BCUT2D eigenvalue weighted by Gasteiger charge is -2.15. The molecule has 0 bridgehead atoms. The highest BCUT2D eigenvalue weighted by molar-refractivity contribution is 9.10. The highest BCUT2D eigenvalue weighted by atomic mass is 79.9. The van der Waals surface area contributed by atoms with Crippen LogP contribution < -0.4 is 10.9 Å². The highest BCUT2D eigenvalue weighted by Crippen LogP contribution is 2.35. The number of amides is 1. The number of halogens is 1. The number of hydrogen-bond acceptors (Lipinski definition) is 6. The number of nitrogens with one attached hydrogen (secondary N) is 1. The molecule has 3 aromatic carbocycles.